The van der Waals surface area contributed by atoms with E-state index in [1.54, 1.807) is 0 Å². The summed E-state index contributed by atoms with van der Waals surface area (Å²) in [4.78, 5) is 15.7. The molecule has 0 aliphatic carbocycles. The van der Waals surface area contributed by atoms with Gasteiger partial charge in [-0.25, -0.2) is 4.68 Å². The van der Waals surface area contributed by atoms with Crippen LogP contribution >= 0.6 is 0 Å². The van der Waals surface area contributed by atoms with E-state index in [0.717, 1.165) is 42.0 Å². The third-order valence-corrected chi connectivity index (χ3v) is 6.20. The summed E-state index contributed by atoms with van der Waals surface area (Å²) in [5.74, 6) is 1.42. The van der Waals surface area contributed by atoms with Crippen molar-refractivity contribution >= 4 is 5.91 Å². The third-order valence-electron chi connectivity index (χ3n) is 6.20. The number of benzene rings is 2. The summed E-state index contributed by atoms with van der Waals surface area (Å²) in [5, 5.41) is 11.5. The Morgan fingerprint density at radius 3 is 2.85 bits per heavy atom. The quantitative estimate of drug-likeness (QED) is 0.570. The molecule has 1 fully saturated rings. The van der Waals surface area contributed by atoms with E-state index in [2.05, 4.69) is 20.5 Å². The van der Waals surface area contributed by atoms with Crippen LogP contribution in [0.3, 0.4) is 0 Å². The summed E-state index contributed by atoms with van der Waals surface area (Å²) in [6.07, 6.45) is 3.87. The first kappa shape index (κ1) is 21.4. The first-order valence-electron chi connectivity index (χ1n) is 11.3. The molecule has 3 heterocycles. The Bertz CT molecular complexity index is 1100. The van der Waals surface area contributed by atoms with Crippen molar-refractivity contribution in [1.29, 1.82) is 0 Å². The monoisotopic (exact) mass is 448 g/mol. The molecule has 2 unspecified atom stereocenters. The molecule has 1 saturated heterocycles. The predicted molar refractivity (Wildman–Crippen MR) is 121 cm³/mol. The molecule has 33 heavy (non-hydrogen) atoms. The number of rotatable bonds is 7. The fourth-order valence-electron chi connectivity index (χ4n) is 4.52. The summed E-state index contributed by atoms with van der Waals surface area (Å²) < 4.78 is 12.7. The van der Waals surface area contributed by atoms with E-state index >= 15 is 0 Å². The van der Waals surface area contributed by atoms with E-state index in [1.807, 2.05) is 59.4 Å². The lowest BCUT2D eigenvalue weighted by Crippen LogP contribution is -2.45. The van der Waals surface area contributed by atoms with E-state index in [0.29, 0.717) is 25.4 Å². The Morgan fingerprint density at radius 1 is 1.18 bits per heavy atom. The van der Waals surface area contributed by atoms with Gasteiger partial charge in [0.05, 0.1) is 17.9 Å². The molecular formula is C24H28N6O3. The van der Waals surface area contributed by atoms with Crippen LogP contribution < -0.4 is 20.5 Å². The standard InChI is InChI=1S/C24H28N6O3/c25-12-19-14-30(28-27-19)20-7-4-10-29(15-20)23(18-5-2-1-3-6-18)24(31)26-13-17-8-9-21-22(11-17)33-16-32-21/h1-3,5-6,8-9,11,14,20,23H,4,7,10,12-13,15-16,25H2,(H,26,31). The van der Waals surface area contributed by atoms with E-state index in [1.165, 1.54) is 0 Å². The molecule has 2 aliphatic rings. The van der Waals surface area contributed by atoms with Gasteiger partial charge < -0.3 is 20.5 Å². The Kier molecular flexibility index (Phi) is 6.23. The minimum Gasteiger partial charge on any atom is -0.454 e. The summed E-state index contributed by atoms with van der Waals surface area (Å²) in [7, 11) is 0. The highest BCUT2D eigenvalue weighted by Crippen LogP contribution is 2.33. The van der Waals surface area contributed by atoms with Crippen LogP contribution in [0.25, 0.3) is 0 Å². The van der Waals surface area contributed by atoms with Gasteiger partial charge in [-0.05, 0) is 42.6 Å². The van der Waals surface area contributed by atoms with E-state index in [9.17, 15) is 4.79 Å². The summed E-state index contributed by atoms with van der Waals surface area (Å²) in [6.45, 7) is 2.57. The number of hydrogen-bond donors (Lipinski definition) is 2. The zero-order valence-electron chi connectivity index (χ0n) is 18.4. The second-order valence-electron chi connectivity index (χ2n) is 8.40. The number of fused-ring (bicyclic) bond motifs is 1. The van der Waals surface area contributed by atoms with Crippen LogP contribution in [-0.4, -0.2) is 45.7 Å². The maximum absolute atomic E-state index is 13.5. The van der Waals surface area contributed by atoms with Crippen molar-refractivity contribution in [3.8, 4) is 11.5 Å². The number of amides is 1. The number of carbonyl (C=O) groups is 1. The number of nitrogens with two attached hydrogens (primary N) is 1. The van der Waals surface area contributed by atoms with Crippen molar-refractivity contribution in [3.63, 3.8) is 0 Å². The lowest BCUT2D eigenvalue weighted by molar-refractivity contribution is -0.127. The van der Waals surface area contributed by atoms with Crippen LogP contribution in [0.1, 0.15) is 41.7 Å². The Morgan fingerprint density at radius 2 is 2.03 bits per heavy atom. The minimum atomic E-state index is -0.388. The summed E-state index contributed by atoms with van der Waals surface area (Å²) >= 11 is 0. The second kappa shape index (κ2) is 9.60. The zero-order chi connectivity index (χ0) is 22.6. The molecule has 2 aromatic carbocycles. The number of nitrogens with zero attached hydrogens (tertiary/aromatic N) is 4. The van der Waals surface area contributed by atoms with Gasteiger partial charge in [0.25, 0.3) is 0 Å². The average Bonchev–Trinajstić information content (AvgIpc) is 3.53. The van der Waals surface area contributed by atoms with Crippen LogP contribution in [0.2, 0.25) is 0 Å². The van der Waals surface area contributed by atoms with Crippen LogP contribution in [0, 0.1) is 0 Å². The fraction of sp³-hybridized carbons (Fsp3) is 0.375. The van der Waals surface area contributed by atoms with Crippen molar-refractivity contribution in [3.05, 3.63) is 71.5 Å². The molecule has 0 spiro atoms. The number of carbonyl (C=O) groups excluding carboxylic acids is 1. The highest BCUT2D eigenvalue weighted by molar-refractivity contribution is 5.83. The highest BCUT2D eigenvalue weighted by Gasteiger charge is 2.32. The maximum Gasteiger partial charge on any atom is 0.242 e. The molecule has 1 amide bonds. The number of likely N-dealkylation sites (tertiary alicyclic amines) is 1. The van der Waals surface area contributed by atoms with Crippen molar-refractivity contribution in [2.45, 2.75) is 38.0 Å². The van der Waals surface area contributed by atoms with Crippen LogP contribution in [0.5, 0.6) is 11.5 Å². The molecule has 2 aliphatic heterocycles. The highest BCUT2D eigenvalue weighted by atomic mass is 16.7. The maximum atomic E-state index is 13.5. The first-order chi connectivity index (χ1) is 16.2. The minimum absolute atomic E-state index is 0.0271. The smallest absolute Gasteiger partial charge is 0.242 e. The average molecular weight is 449 g/mol. The van der Waals surface area contributed by atoms with Crippen LogP contribution in [-0.2, 0) is 17.9 Å². The summed E-state index contributed by atoms with van der Waals surface area (Å²) in [6, 6.07) is 15.4. The Hall–Kier alpha value is -3.43. The van der Waals surface area contributed by atoms with Gasteiger partial charge in [-0.2, -0.15) is 0 Å². The van der Waals surface area contributed by atoms with Crippen LogP contribution in [0.15, 0.2) is 54.7 Å². The molecule has 5 rings (SSSR count). The fourth-order valence-corrected chi connectivity index (χ4v) is 4.52. The molecule has 172 valence electrons. The molecule has 3 N–H and O–H groups in total. The van der Waals surface area contributed by atoms with Crippen molar-refractivity contribution in [2.24, 2.45) is 5.73 Å². The van der Waals surface area contributed by atoms with Gasteiger partial charge in [0.2, 0.25) is 12.7 Å². The van der Waals surface area contributed by atoms with Gasteiger partial charge in [-0.1, -0.05) is 41.6 Å². The topological polar surface area (TPSA) is 108 Å². The molecule has 1 aromatic heterocycles. The molecule has 0 bridgehead atoms. The van der Waals surface area contributed by atoms with Gasteiger partial charge in [0.1, 0.15) is 6.04 Å². The summed E-state index contributed by atoms with van der Waals surface area (Å²) in [5.41, 5.74) is 8.41. The zero-order valence-corrected chi connectivity index (χ0v) is 18.4. The number of hydrogen-bond acceptors (Lipinski definition) is 7. The second-order valence-corrected chi connectivity index (χ2v) is 8.40. The molecular weight excluding hydrogens is 420 g/mol. The van der Waals surface area contributed by atoms with Gasteiger partial charge in [-0.15, -0.1) is 5.10 Å². The van der Waals surface area contributed by atoms with Crippen LogP contribution in [0.4, 0.5) is 0 Å². The Balaban J connectivity index is 1.32. The largest absolute Gasteiger partial charge is 0.454 e. The van der Waals surface area contributed by atoms with Crippen molar-refractivity contribution < 1.29 is 14.3 Å². The lowest BCUT2D eigenvalue weighted by Gasteiger charge is -2.37. The number of ether oxygens (including phenoxy) is 2. The molecule has 9 nitrogen and oxygen atoms in total. The SMILES string of the molecule is NCc1cn(C2CCCN(C(C(=O)NCc3ccc4c(c3)OCO4)c3ccccc3)C2)nn1. The first-order valence-corrected chi connectivity index (χ1v) is 11.3. The van der Waals surface area contributed by atoms with Gasteiger partial charge in [0, 0.05) is 19.6 Å². The molecule has 3 aromatic rings. The van der Waals surface area contributed by atoms with Gasteiger partial charge in [-0.3, -0.25) is 9.69 Å². The molecule has 9 heteroatoms. The Labute approximate surface area is 192 Å². The molecule has 0 saturated carbocycles. The molecule has 0 radical (unpaired) electrons. The predicted octanol–water partition coefficient (Wildman–Crippen LogP) is 2.16. The van der Waals surface area contributed by atoms with E-state index in [-0.39, 0.29) is 24.8 Å². The third kappa shape index (κ3) is 4.69. The number of nitrogens with one attached hydrogen (secondary N) is 1. The number of aromatic nitrogens is 3. The van der Waals surface area contributed by atoms with E-state index < -0.39 is 0 Å². The van der Waals surface area contributed by atoms with Gasteiger partial charge >= 0.3 is 0 Å². The lowest BCUT2D eigenvalue weighted by atomic mass is 9.98. The van der Waals surface area contributed by atoms with Crippen molar-refractivity contribution in [1.82, 2.24) is 25.2 Å². The normalized spacial score (nSPS) is 18.8. The molecule has 2 atom stereocenters. The van der Waals surface area contributed by atoms with Crippen molar-refractivity contribution in [2.75, 3.05) is 19.9 Å². The van der Waals surface area contributed by atoms with Gasteiger partial charge in [0.15, 0.2) is 11.5 Å². The number of piperidine rings is 1. The van der Waals surface area contributed by atoms with E-state index in [4.69, 9.17) is 15.2 Å².